The fraction of sp³-hybridized carbons (Fsp3) is 0.0714. The number of aromatic nitrogens is 2. The molecular weight excluding hydrogens is 340 g/mol. The number of thiophene rings is 1. The molecule has 3 rings (SSSR count). The first-order valence-corrected chi connectivity index (χ1v) is 7.68. The van der Waals surface area contributed by atoms with E-state index in [0.29, 0.717) is 26.6 Å². The van der Waals surface area contributed by atoms with E-state index < -0.39 is 4.92 Å². The second kappa shape index (κ2) is 5.90. The number of rotatable bonds is 3. The van der Waals surface area contributed by atoms with E-state index in [1.807, 2.05) is 0 Å². The molecule has 0 radical (unpaired) electrons. The van der Waals surface area contributed by atoms with Crippen molar-refractivity contribution in [3.63, 3.8) is 0 Å². The van der Waals surface area contributed by atoms with Gasteiger partial charge < -0.3 is 0 Å². The van der Waals surface area contributed by atoms with Gasteiger partial charge in [0.1, 0.15) is 10.7 Å². The minimum atomic E-state index is -0.524. The normalized spacial score (nSPS) is 11.4. The SMILES string of the molecule is Cc1nc2sccc2c(=O)n1N=Cc1cc([N+](=O)[O-])ccc1Cl. The van der Waals surface area contributed by atoms with Crippen molar-refractivity contribution >= 4 is 45.1 Å². The van der Waals surface area contributed by atoms with E-state index in [9.17, 15) is 14.9 Å². The van der Waals surface area contributed by atoms with Gasteiger partial charge in [0.2, 0.25) is 0 Å². The third-order valence-electron chi connectivity index (χ3n) is 3.14. The molecule has 0 unspecified atom stereocenters. The highest BCUT2D eigenvalue weighted by molar-refractivity contribution is 7.16. The van der Waals surface area contributed by atoms with Crippen LogP contribution in [-0.4, -0.2) is 20.8 Å². The minimum Gasteiger partial charge on any atom is -0.267 e. The number of nitro groups is 1. The largest absolute Gasteiger partial charge is 0.282 e. The van der Waals surface area contributed by atoms with E-state index in [1.54, 1.807) is 18.4 Å². The number of hydrogen-bond acceptors (Lipinski definition) is 6. The van der Waals surface area contributed by atoms with Gasteiger partial charge in [-0.15, -0.1) is 11.3 Å². The molecule has 0 spiro atoms. The van der Waals surface area contributed by atoms with Gasteiger partial charge >= 0.3 is 0 Å². The van der Waals surface area contributed by atoms with Crippen LogP contribution in [0.15, 0.2) is 39.5 Å². The summed E-state index contributed by atoms with van der Waals surface area (Å²) in [7, 11) is 0. The van der Waals surface area contributed by atoms with E-state index >= 15 is 0 Å². The van der Waals surface area contributed by atoms with Crippen LogP contribution in [0, 0.1) is 17.0 Å². The fourth-order valence-electron chi connectivity index (χ4n) is 2.01. The first-order valence-electron chi connectivity index (χ1n) is 6.42. The third kappa shape index (κ3) is 2.86. The lowest BCUT2D eigenvalue weighted by Crippen LogP contribution is -2.19. The molecule has 7 nitrogen and oxygen atoms in total. The molecule has 9 heteroatoms. The summed E-state index contributed by atoms with van der Waals surface area (Å²) in [6, 6.07) is 5.69. The average Bonchev–Trinajstić information content (AvgIpc) is 2.96. The molecule has 3 aromatic rings. The Labute approximate surface area is 138 Å². The first-order chi connectivity index (χ1) is 11.0. The molecule has 2 aromatic heterocycles. The molecule has 0 saturated carbocycles. The number of nitrogens with zero attached hydrogens (tertiary/aromatic N) is 4. The molecule has 0 atom stereocenters. The van der Waals surface area contributed by atoms with Crippen molar-refractivity contribution in [2.24, 2.45) is 5.10 Å². The Morgan fingerprint density at radius 3 is 2.96 bits per heavy atom. The van der Waals surface area contributed by atoms with Crippen LogP contribution in [0.3, 0.4) is 0 Å². The third-order valence-corrected chi connectivity index (χ3v) is 4.29. The second-order valence-electron chi connectivity index (χ2n) is 4.62. The van der Waals surface area contributed by atoms with E-state index in [1.165, 1.54) is 35.8 Å². The second-order valence-corrected chi connectivity index (χ2v) is 5.92. The van der Waals surface area contributed by atoms with E-state index in [2.05, 4.69) is 10.1 Å². The molecule has 0 amide bonds. The van der Waals surface area contributed by atoms with Crippen molar-refractivity contribution in [2.45, 2.75) is 6.92 Å². The lowest BCUT2D eigenvalue weighted by atomic mass is 10.2. The average molecular weight is 349 g/mol. The Bertz CT molecular complexity index is 1010. The molecular formula is C14H9ClN4O3S. The number of hydrogen-bond donors (Lipinski definition) is 0. The standard InChI is InChI=1S/C14H9ClN4O3S/c1-8-17-13-11(4-5-23-13)14(20)18(8)16-7-9-6-10(19(21)22)2-3-12(9)15/h2-7H,1H3. The smallest absolute Gasteiger partial charge is 0.267 e. The predicted octanol–water partition coefficient (Wildman–Crippen LogP) is 3.21. The molecule has 0 aliphatic carbocycles. The van der Waals surface area contributed by atoms with Gasteiger partial charge in [0.15, 0.2) is 0 Å². The Kier molecular flexibility index (Phi) is 3.93. The van der Waals surface area contributed by atoms with Crippen LogP contribution in [-0.2, 0) is 0 Å². The maximum atomic E-state index is 12.4. The molecule has 0 aliphatic heterocycles. The van der Waals surface area contributed by atoms with Crippen LogP contribution in [0.5, 0.6) is 0 Å². The predicted molar refractivity (Wildman–Crippen MR) is 89.7 cm³/mol. The summed E-state index contributed by atoms with van der Waals surface area (Å²) < 4.78 is 1.14. The highest BCUT2D eigenvalue weighted by Gasteiger charge is 2.10. The highest BCUT2D eigenvalue weighted by Crippen LogP contribution is 2.20. The van der Waals surface area contributed by atoms with Crippen molar-refractivity contribution < 1.29 is 4.92 Å². The fourth-order valence-corrected chi connectivity index (χ4v) is 2.97. The topological polar surface area (TPSA) is 90.4 Å². The number of halogens is 1. The molecule has 0 N–H and O–H groups in total. The van der Waals surface area contributed by atoms with Gasteiger partial charge in [-0.05, 0) is 24.4 Å². The number of nitro benzene ring substituents is 1. The summed E-state index contributed by atoms with van der Waals surface area (Å²) in [5.41, 5.74) is -0.0598. The van der Waals surface area contributed by atoms with Crippen LogP contribution >= 0.6 is 22.9 Å². The summed E-state index contributed by atoms with van der Waals surface area (Å²) in [5.74, 6) is 0.419. The van der Waals surface area contributed by atoms with Crippen molar-refractivity contribution in [1.82, 2.24) is 9.66 Å². The summed E-state index contributed by atoms with van der Waals surface area (Å²) in [6.07, 6.45) is 1.31. The van der Waals surface area contributed by atoms with Crippen molar-refractivity contribution in [3.8, 4) is 0 Å². The van der Waals surface area contributed by atoms with Crippen molar-refractivity contribution in [1.29, 1.82) is 0 Å². The van der Waals surface area contributed by atoms with Gasteiger partial charge in [-0.3, -0.25) is 14.9 Å². The van der Waals surface area contributed by atoms with Crippen LogP contribution in [0.25, 0.3) is 10.2 Å². The maximum absolute atomic E-state index is 12.4. The number of fused-ring (bicyclic) bond motifs is 1. The van der Waals surface area contributed by atoms with Gasteiger partial charge in [-0.1, -0.05) is 11.6 Å². The van der Waals surface area contributed by atoms with Gasteiger partial charge in [0, 0.05) is 22.7 Å². The zero-order valence-corrected chi connectivity index (χ0v) is 13.3. The molecule has 116 valence electrons. The van der Waals surface area contributed by atoms with Gasteiger partial charge in [0.05, 0.1) is 16.5 Å². The Hall–Kier alpha value is -2.58. The van der Waals surface area contributed by atoms with Crippen LogP contribution < -0.4 is 5.56 Å². The zero-order chi connectivity index (χ0) is 16.6. The number of non-ortho nitro benzene ring substituents is 1. The van der Waals surface area contributed by atoms with Crippen LogP contribution in [0.2, 0.25) is 5.02 Å². The van der Waals surface area contributed by atoms with Gasteiger partial charge in [-0.2, -0.15) is 9.78 Å². The summed E-state index contributed by atoms with van der Waals surface area (Å²) in [6.45, 7) is 1.66. The van der Waals surface area contributed by atoms with Crippen LogP contribution in [0.1, 0.15) is 11.4 Å². The zero-order valence-electron chi connectivity index (χ0n) is 11.8. The van der Waals surface area contributed by atoms with E-state index in [-0.39, 0.29) is 11.2 Å². The van der Waals surface area contributed by atoms with Gasteiger partial charge in [0.25, 0.3) is 11.2 Å². The number of benzene rings is 1. The minimum absolute atomic E-state index is 0.105. The summed E-state index contributed by atoms with van der Waals surface area (Å²) in [4.78, 5) is 27.6. The lowest BCUT2D eigenvalue weighted by molar-refractivity contribution is -0.384. The summed E-state index contributed by atoms with van der Waals surface area (Å²) in [5, 5.41) is 17.5. The Morgan fingerprint density at radius 2 is 2.22 bits per heavy atom. The lowest BCUT2D eigenvalue weighted by Gasteiger charge is -2.03. The first kappa shape index (κ1) is 15.3. The van der Waals surface area contributed by atoms with E-state index in [0.717, 1.165) is 4.68 Å². The molecule has 1 aromatic carbocycles. The molecule has 0 saturated heterocycles. The van der Waals surface area contributed by atoms with E-state index in [4.69, 9.17) is 11.6 Å². The van der Waals surface area contributed by atoms with Crippen LogP contribution in [0.4, 0.5) is 5.69 Å². The highest BCUT2D eigenvalue weighted by atomic mass is 35.5. The molecule has 0 bridgehead atoms. The Morgan fingerprint density at radius 1 is 1.43 bits per heavy atom. The molecule has 23 heavy (non-hydrogen) atoms. The molecule has 0 aliphatic rings. The van der Waals surface area contributed by atoms with Crippen molar-refractivity contribution in [3.05, 3.63) is 66.5 Å². The van der Waals surface area contributed by atoms with Gasteiger partial charge in [-0.25, -0.2) is 4.98 Å². The number of aryl methyl sites for hydroxylation is 1. The van der Waals surface area contributed by atoms with Crippen molar-refractivity contribution in [2.75, 3.05) is 0 Å². The monoisotopic (exact) mass is 348 g/mol. The molecule has 2 heterocycles. The quantitative estimate of drug-likeness (QED) is 0.413. The summed E-state index contributed by atoms with van der Waals surface area (Å²) >= 11 is 7.38. The Balaban J connectivity index is 2.09. The molecule has 0 fully saturated rings. The maximum Gasteiger partial charge on any atom is 0.282 e.